The average molecular weight is 379 g/mol. The smallest absolute Gasteiger partial charge is 0.433 e. The molecule has 3 rings (SSSR count). The first kappa shape index (κ1) is 19.2. The molecule has 0 aliphatic carbocycles. The number of halogens is 3. The largest absolute Gasteiger partial charge is 0.496 e. The molecule has 27 heavy (non-hydrogen) atoms. The van der Waals surface area contributed by atoms with E-state index in [9.17, 15) is 18.0 Å². The normalized spacial score (nSPS) is 17.7. The van der Waals surface area contributed by atoms with Crippen LogP contribution < -0.4 is 10.1 Å². The number of alkyl halides is 3. The molecule has 1 aromatic heterocycles. The standard InChI is InChI=1S/C19H20F3N3O2/c1-12-13(7-8-17(24-12)19(20,21)22)18(26)25-10-9-23-11-15(25)14-5-3-4-6-16(14)27-2/h3-8,15,23H,9-11H2,1-2H3. The lowest BCUT2D eigenvalue weighted by Crippen LogP contribution is -2.49. The lowest BCUT2D eigenvalue weighted by molar-refractivity contribution is -0.141. The first-order chi connectivity index (χ1) is 12.8. The zero-order valence-corrected chi connectivity index (χ0v) is 15.0. The Morgan fingerprint density at radius 2 is 2.00 bits per heavy atom. The van der Waals surface area contributed by atoms with Crippen LogP contribution in [0.25, 0.3) is 0 Å². The van der Waals surface area contributed by atoms with Crippen LogP contribution in [0, 0.1) is 6.92 Å². The van der Waals surface area contributed by atoms with E-state index >= 15 is 0 Å². The van der Waals surface area contributed by atoms with E-state index in [0.717, 1.165) is 11.6 Å². The van der Waals surface area contributed by atoms with Crippen LogP contribution in [0.1, 0.15) is 33.4 Å². The van der Waals surface area contributed by atoms with Gasteiger partial charge in [0.2, 0.25) is 0 Å². The van der Waals surface area contributed by atoms with Crippen molar-refractivity contribution < 1.29 is 22.7 Å². The second kappa shape index (κ2) is 7.56. The Kier molecular flexibility index (Phi) is 5.36. The summed E-state index contributed by atoms with van der Waals surface area (Å²) in [5, 5.41) is 3.25. The molecule has 2 aromatic rings. The maximum Gasteiger partial charge on any atom is 0.433 e. The molecule has 5 nitrogen and oxygen atoms in total. The molecule has 144 valence electrons. The highest BCUT2D eigenvalue weighted by Gasteiger charge is 2.35. The summed E-state index contributed by atoms with van der Waals surface area (Å²) in [6.45, 7) is 2.98. The van der Waals surface area contributed by atoms with E-state index in [4.69, 9.17) is 4.74 Å². The third-order valence-corrected chi connectivity index (χ3v) is 4.61. The number of ether oxygens (including phenoxy) is 1. The van der Waals surface area contributed by atoms with Gasteiger partial charge in [-0.25, -0.2) is 4.98 Å². The summed E-state index contributed by atoms with van der Waals surface area (Å²) in [4.78, 5) is 18.3. The minimum absolute atomic E-state index is 0.0622. The van der Waals surface area contributed by atoms with Gasteiger partial charge in [-0.3, -0.25) is 4.79 Å². The fourth-order valence-electron chi connectivity index (χ4n) is 3.27. The van der Waals surface area contributed by atoms with E-state index in [1.807, 2.05) is 24.3 Å². The topological polar surface area (TPSA) is 54.5 Å². The summed E-state index contributed by atoms with van der Waals surface area (Å²) in [5.41, 5.74) is 0.0770. The predicted octanol–water partition coefficient (Wildman–Crippen LogP) is 3.20. The van der Waals surface area contributed by atoms with E-state index in [-0.39, 0.29) is 23.2 Å². The van der Waals surface area contributed by atoms with Crippen molar-refractivity contribution >= 4 is 5.91 Å². The quantitative estimate of drug-likeness (QED) is 0.890. The van der Waals surface area contributed by atoms with Crippen molar-refractivity contribution in [3.05, 3.63) is 58.9 Å². The second-order valence-electron chi connectivity index (χ2n) is 6.29. The van der Waals surface area contributed by atoms with Crippen LogP contribution in [-0.4, -0.2) is 42.5 Å². The van der Waals surface area contributed by atoms with Crippen LogP contribution in [0.3, 0.4) is 0 Å². The number of benzene rings is 1. The number of aryl methyl sites for hydroxylation is 1. The average Bonchev–Trinajstić information content (AvgIpc) is 2.66. The molecule has 2 heterocycles. The van der Waals surface area contributed by atoms with Gasteiger partial charge in [0.25, 0.3) is 5.91 Å². The van der Waals surface area contributed by atoms with Gasteiger partial charge in [-0.1, -0.05) is 18.2 Å². The van der Waals surface area contributed by atoms with Crippen LogP contribution in [0.5, 0.6) is 5.75 Å². The molecule has 1 saturated heterocycles. The summed E-state index contributed by atoms with van der Waals surface area (Å²) in [5.74, 6) is 0.317. The molecule has 1 aromatic carbocycles. The molecule has 0 spiro atoms. The molecular formula is C19H20F3N3O2. The Balaban J connectivity index is 1.94. The van der Waals surface area contributed by atoms with Crippen LogP contribution in [0.4, 0.5) is 13.2 Å². The molecule has 0 bridgehead atoms. The van der Waals surface area contributed by atoms with Gasteiger partial charge < -0.3 is 15.0 Å². The SMILES string of the molecule is COc1ccccc1C1CNCCN1C(=O)c1ccc(C(F)(F)F)nc1C. The van der Waals surface area contributed by atoms with Gasteiger partial charge in [0.05, 0.1) is 24.4 Å². The number of methoxy groups -OCH3 is 1. The number of aromatic nitrogens is 1. The predicted molar refractivity (Wildman–Crippen MR) is 93.6 cm³/mol. The summed E-state index contributed by atoms with van der Waals surface area (Å²) in [6.07, 6.45) is -4.54. The van der Waals surface area contributed by atoms with Crippen molar-refractivity contribution in [3.63, 3.8) is 0 Å². The van der Waals surface area contributed by atoms with E-state index in [1.165, 1.54) is 13.0 Å². The minimum Gasteiger partial charge on any atom is -0.496 e. The van der Waals surface area contributed by atoms with Crippen molar-refractivity contribution in [2.45, 2.75) is 19.1 Å². The third kappa shape index (κ3) is 3.90. The summed E-state index contributed by atoms with van der Waals surface area (Å²) in [7, 11) is 1.56. The van der Waals surface area contributed by atoms with Crippen LogP contribution in [0.15, 0.2) is 36.4 Å². The van der Waals surface area contributed by atoms with E-state index in [2.05, 4.69) is 10.3 Å². The third-order valence-electron chi connectivity index (χ3n) is 4.61. The Hall–Kier alpha value is -2.61. The number of rotatable bonds is 3. The van der Waals surface area contributed by atoms with Crippen molar-refractivity contribution in [2.75, 3.05) is 26.7 Å². The van der Waals surface area contributed by atoms with Crippen molar-refractivity contribution in [1.82, 2.24) is 15.2 Å². The van der Waals surface area contributed by atoms with Gasteiger partial charge >= 0.3 is 6.18 Å². The number of para-hydroxylation sites is 1. The monoisotopic (exact) mass is 379 g/mol. The van der Waals surface area contributed by atoms with Crippen molar-refractivity contribution in [1.29, 1.82) is 0 Å². The number of nitrogens with one attached hydrogen (secondary N) is 1. The zero-order chi connectivity index (χ0) is 19.6. The molecule has 1 atom stereocenters. The lowest BCUT2D eigenvalue weighted by Gasteiger charge is -2.37. The Labute approximate surface area is 155 Å². The number of carbonyl (C=O) groups is 1. The van der Waals surface area contributed by atoms with Crippen molar-refractivity contribution in [2.24, 2.45) is 0 Å². The Morgan fingerprint density at radius 3 is 2.67 bits per heavy atom. The van der Waals surface area contributed by atoms with E-state index in [0.29, 0.717) is 25.4 Å². The molecule has 8 heteroatoms. The maximum atomic E-state index is 13.1. The molecule has 0 radical (unpaired) electrons. The Bertz CT molecular complexity index is 839. The first-order valence-electron chi connectivity index (χ1n) is 8.52. The number of piperazine rings is 1. The highest BCUT2D eigenvalue weighted by molar-refractivity contribution is 5.95. The summed E-state index contributed by atoms with van der Waals surface area (Å²) >= 11 is 0. The number of hydrogen-bond acceptors (Lipinski definition) is 4. The molecular weight excluding hydrogens is 359 g/mol. The van der Waals surface area contributed by atoms with Gasteiger partial charge in [-0.15, -0.1) is 0 Å². The molecule has 1 aliphatic rings. The van der Waals surface area contributed by atoms with Crippen molar-refractivity contribution in [3.8, 4) is 5.75 Å². The van der Waals surface area contributed by atoms with E-state index < -0.39 is 11.9 Å². The highest BCUT2D eigenvalue weighted by Crippen LogP contribution is 2.32. The van der Waals surface area contributed by atoms with Crippen LogP contribution >= 0.6 is 0 Å². The summed E-state index contributed by atoms with van der Waals surface area (Å²) < 4.78 is 43.9. The molecule has 1 unspecified atom stereocenters. The minimum atomic E-state index is -4.54. The number of carbonyl (C=O) groups excluding carboxylic acids is 1. The summed E-state index contributed by atoms with van der Waals surface area (Å²) in [6, 6.07) is 9.17. The van der Waals surface area contributed by atoms with Gasteiger partial charge in [-0.05, 0) is 25.1 Å². The van der Waals surface area contributed by atoms with Gasteiger partial charge in [-0.2, -0.15) is 13.2 Å². The van der Waals surface area contributed by atoms with Gasteiger partial charge in [0.15, 0.2) is 0 Å². The zero-order valence-electron chi connectivity index (χ0n) is 15.0. The molecule has 1 amide bonds. The van der Waals surface area contributed by atoms with Crippen LogP contribution in [0.2, 0.25) is 0 Å². The number of nitrogens with zero attached hydrogens (tertiary/aromatic N) is 2. The molecule has 1 N–H and O–H groups in total. The molecule has 1 aliphatic heterocycles. The maximum absolute atomic E-state index is 13.1. The van der Waals surface area contributed by atoms with E-state index in [1.54, 1.807) is 12.0 Å². The molecule has 0 saturated carbocycles. The second-order valence-corrected chi connectivity index (χ2v) is 6.29. The van der Waals surface area contributed by atoms with Gasteiger partial charge in [0, 0.05) is 25.2 Å². The lowest BCUT2D eigenvalue weighted by atomic mass is 10.0. The Morgan fingerprint density at radius 1 is 1.26 bits per heavy atom. The first-order valence-corrected chi connectivity index (χ1v) is 8.52. The fourth-order valence-corrected chi connectivity index (χ4v) is 3.27. The number of pyridine rings is 1. The fraction of sp³-hybridized carbons (Fsp3) is 0.368. The van der Waals surface area contributed by atoms with Crippen LogP contribution in [-0.2, 0) is 6.18 Å². The highest BCUT2D eigenvalue weighted by atomic mass is 19.4. The number of hydrogen-bond donors (Lipinski definition) is 1. The number of amides is 1. The molecule has 1 fully saturated rings. The van der Waals surface area contributed by atoms with Gasteiger partial charge in [0.1, 0.15) is 11.4 Å².